The van der Waals surface area contributed by atoms with Crippen molar-refractivity contribution in [3.63, 3.8) is 0 Å². The van der Waals surface area contributed by atoms with Crippen molar-refractivity contribution in [2.24, 2.45) is 0 Å². The lowest BCUT2D eigenvalue weighted by Gasteiger charge is -2.36. The lowest BCUT2D eigenvalue weighted by Crippen LogP contribution is -2.61. The number of unbranched alkanes of at least 4 members (excludes halogenated alkanes) is 2. The van der Waals surface area contributed by atoms with Crippen LogP contribution < -0.4 is 4.74 Å². The fraction of sp³-hybridized carbons (Fsp3) is 0.556. The second kappa shape index (κ2) is 31.3. The van der Waals surface area contributed by atoms with E-state index in [1.54, 1.807) is 0 Å². The van der Waals surface area contributed by atoms with Crippen molar-refractivity contribution in [3.8, 4) is 5.75 Å². The molecule has 0 aliphatic carbocycles. The fourth-order valence-corrected chi connectivity index (χ4v) is 7.27. The average molecular weight is 1330 g/mol. The molecule has 0 aliphatic heterocycles. The first kappa shape index (κ1) is 76.1. The lowest BCUT2D eigenvalue weighted by molar-refractivity contribution is -0.536. The summed E-state index contributed by atoms with van der Waals surface area (Å²) in [5.41, 5.74) is -0.0220. The Morgan fingerprint density at radius 2 is 0.764 bits per heavy atom. The third-order valence-corrected chi connectivity index (χ3v) is 11.9. The number of aliphatic hydroxyl groups is 4. The molecule has 0 radical (unpaired) electrons. The van der Waals surface area contributed by atoms with Crippen LogP contribution in [0.1, 0.15) is 71.9 Å². The van der Waals surface area contributed by atoms with E-state index in [0.717, 1.165) is 48.5 Å². The fourth-order valence-electron chi connectivity index (χ4n) is 7.27. The van der Waals surface area contributed by atoms with E-state index in [1.807, 2.05) is 0 Å². The molecule has 0 aromatic heterocycles. The molecule has 0 aliphatic rings. The first-order chi connectivity index (χ1) is 41.0. The number of halogens is 22. The van der Waals surface area contributed by atoms with Gasteiger partial charge in [0, 0.05) is 6.61 Å². The van der Waals surface area contributed by atoms with Crippen LogP contribution in [0.3, 0.4) is 0 Å². The summed E-state index contributed by atoms with van der Waals surface area (Å²) < 4.78 is 346. The van der Waals surface area contributed by atoms with Gasteiger partial charge in [0.1, 0.15) is 25.6 Å². The summed E-state index contributed by atoms with van der Waals surface area (Å²) in [5.74, 6) is -19.1. The lowest BCUT2D eigenvalue weighted by atomic mass is 10.1. The summed E-state index contributed by atoms with van der Waals surface area (Å²) in [7, 11) is 0. The van der Waals surface area contributed by atoms with E-state index < -0.39 is 143 Å². The van der Waals surface area contributed by atoms with Crippen molar-refractivity contribution in [3.05, 3.63) is 137 Å². The molecule has 0 spiro atoms. The Morgan fingerprint density at radius 1 is 0.360 bits per heavy atom. The van der Waals surface area contributed by atoms with Crippen LogP contribution >= 0.6 is 0 Å². The van der Waals surface area contributed by atoms with Gasteiger partial charge < -0.3 is 44.1 Å². The number of rotatable bonds is 42. The van der Waals surface area contributed by atoms with Gasteiger partial charge in [0.05, 0.1) is 32.7 Å². The summed E-state index contributed by atoms with van der Waals surface area (Å²) >= 11 is 0. The van der Waals surface area contributed by atoms with E-state index in [9.17, 15) is 112 Å². The highest BCUT2D eigenvalue weighted by Crippen LogP contribution is 2.52. The molecule has 0 fully saturated rings. The highest BCUT2D eigenvalue weighted by molar-refractivity contribution is 5.28. The maximum absolute atomic E-state index is 14.3. The van der Waals surface area contributed by atoms with Crippen LogP contribution in [0.4, 0.5) is 96.6 Å². The molecule has 3 unspecified atom stereocenters. The van der Waals surface area contributed by atoms with Crippen LogP contribution in [0.5, 0.6) is 5.75 Å². The second-order valence-corrected chi connectivity index (χ2v) is 19.5. The molecule has 13 nitrogen and oxygen atoms in total. The summed E-state index contributed by atoms with van der Waals surface area (Å²) in [5, 5.41) is 38.3. The van der Waals surface area contributed by atoms with Gasteiger partial charge in [-0.15, -0.1) is 0 Å². The molecule has 4 N–H and O–H groups in total. The van der Waals surface area contributed by atoms with Gasteiger partial charge in [-0.05, 0) is 84.0 Å². The predicted octanol–water partition coefficient (Wildman–Crippen LogP) is 13.4. The molecule has 0 heterocycles. The number of aryl methyl sites for hydroxylation is 1. The minimum atomic E-state index is -7.13. The van der Waals surface area contributed by atoms with E-state index in [-0.39, 0.29) is 49.4 Å². The van der Waals surface area contributed by atoms with Crippen molar-refractivity contribution in [2.75, 3.05) is 26.4 Å². The molecule has 0 amide bonds. The van der Waals surface area contributed by atoms with E-state index >= 15 is 0 Å². The minimum Gasteiger partial charge on any atom is -0.463 e. The van der Waals surface area contributed by atoms with Crippen LogP contribution in [0.2, 0.25) is 0 Å². The van der Waals surface area contributed by atoms with E-state index in [1.165, 1.54) is 54.6 Å². The molecule has 4 aromatic rings. The van der Waals surface area contributed by atoms with E-state index in [2.05, 4.69) is 28.4 Å². The Bertz CT molecular complexity index is 2720. The molecular formula is C54H56F22O13. The Labute approximate surface area is 490 Å². The largest absolute Gasteiger partial charge is 0.463 e. The Kier molecular flexibility index (Phi) is 26.8. The van der Waals surface area contributed by atoms with Crippen LogP contribution in [0.15, 0.2) is 103 Å². The van der Waals surface area contributed by atoms with Crippen molar-refractivity contribution >= 4 is 0 Å². The van der Waals surface area contributed by atoms with Gasteiger partial charge in [-0.3, -0.25) is 0 Å². The Morgan fingerprint density at radius 3 is 1.25 bits per heavy atom. The zero-order chi connectivity index (χ0) is 67.0. The third kappa shape index (κ3) is 23.4. The van der Waals surface area contributed by atoms with Crippen LogP contribution in [0, 0.1) is 0 Å². The minimum absolute atomic E-state index is 0.00981. The molecule has 89 heavy (non-hydrogen) atoms. The van der Waals surface area contributed by atoms with Gasteiger partial charge in [-0.1, -0.05) is 97.4 Å². The molecule has 0 saturated carbocycles. The maximum Gasteiger partial charge on any atom is 0.453 e. The standard InChI is InChI=1S/C54H56F22O13/c55-44(56,48(63,64)50(67,68)89-54(75,76)52(71,72)86-46(59,60)26-35-9-3-1-4-10-35)32-81-29-37-15-13-34(14-16-37)8-5-2-6-25-83-41(78)11-7-12-42(79)84-31-39-19-17-38(18-20-39)30-82-33-45(57,58)49(65,66)88-53(73,74)51(69,70)87-47(61,62)27-36-21-23-40(24-22-36)85-43(80)28-77/h1,3-4,9-10,13-24,41-43,77-80H,2,5-8,11-12,25-33H2. The van der Waals surface area contributed by atoms with Gasteiger partial charge in [-0.25, -0.2) is 18.9 Å². The number of alkyl halides is 22. The first-order valence-electron chi connectivity index (χ1n) is 25.9. The maximum atomic E-state index is 14.3. The highest BCUT2D eigenvalue weighted by Gasteiger charge is 2.78. The number of aliphatic hydroxyl groups excluding tert-OH is 4. The molecular weight excluding hydrogens is 1270 g/mol. The zero-order valence-corrected chi connectivity index (χ0v) is 45.6. The molecule has 4 rings (SSSR count). The van der Waals surface area contributed by atoms with Crippen molar-refractivity contribution in [2.45, 2.75) is 163 Å². The van der Waals surface area contributed by atoms with Gasteiger partial charge in [0.25, 0.3) is 0 Å². The van der Waals surface area contributed by atoms with Crippen LogP contribution in [-0.2, 0) is 77.0 Å². The normalized spacial score (nSPS) is 14.9. The van der Waals surface area contributed by atoms with Gasteiger partial charge >= 0.3 is 66.6 Å². The Hall–Kier alpha value is -5.34. The van der Waals surface area contributed by atoms with Crippen molar-refractivity contribution < 1.29 is 160 Å². The first-order valence-corrected chi connectivity index (χ1v) is 25.9. The molecule has 3 atom stereocenters. The predicted molar refractivity (Wildman–Crippen MR) is 259 cm³/mol. The van der Waals surface area contributed by atoms with Crippen LogP contribution in [-0.4, -0.2) is 132 Å². The third-order valence-electron chi connectivity index (χ3n) is 11.9. The second-order valence-electron chi connectivity index (χ2n) is 19.5. The quantitative estimate of drug-likeness (QED) is 0.0188. The SMILES string of the molecule is OCC(O)Oc1ccc(CC(F)(F)OC(F)(F)C(F)(F)OC(F)(F)C(F)(F)COCc2ccc(COC(O)CCCC(O)OCCCCCc3ccc(COCC(F)(F)C(F)(F)C(F)(F)OC(F)(F)C(F)(F)OC(F)(F)Cc4ccccc4)cc3)cc2)cc1. The number of ether oxygens (including phenoxy) is 9. The number of benzene rings is 4. The summed E-state index contributed by atoms with van der Waals surface area (Å²) in [6, 6.07) is 19.1. The monoisotopic (exact) mass is 1330 g/mol. The van der Waals surface area contributed by atoms with E-state index in [4.69, 9.17) is 19.3 Å². The van der Waals surface area contributed by atoms with Crippen molar-refractivity contribution in [1.29, 1.82) is 0 Å². The van der Waals surface area contributed by atoms with Crippen molar-refractivity contribution in [1.82, 2.24) is 0 Å². The molecule has 35 heteroatoms. The molecule has 504 valence electrons. The molecule has 0 bridgehead atoms. The Balaban J connectivity index is 1.07. The smallest absolute Gasteiger partial charge is 0.453 e. The van der Waals surface area contributed by atoms with Gasteiger partial charge in [0.15, 0.2) is 12.6 Å². The average Bonchev–Trinajstić information content (AvgIpc) is 0.793. The van der Waals surface area contributed by atoms with Gasteiger partial charge in [-0.2, -0.15) is 96.6 Å². The highest BCUT2D eigenvalue weighted by atomic mass is 19.4. The molecule has 4 aromatic carbocycles. The molecule has 0 saturated heterocycles. The summed E-state index contributed by atoms with van der Waals surface area (Å²) in [6.07, 6.45) is -57.2. The van der Waals surface area contributed by atoms with Crippen LogP contribution in [0.25, 0.3) is 0 Å². The number of hydrogen-bond acceptors (Lipinski definition) is 13. The van der Waals surface area contributed by atoms with E-state index in [0.29, 0.717) is 36.8 Å². The summed E-state index contributed by atoms with van der Waals surface area (Å²) in [4.78, 5) is 0. The topological polar surface area (TPSA) is 164 Å². The summed E-state index contributed by atoms with van der Waals surface area (Å²) in [6.45, 7) is -7.90. The number of hydrogen-bond donors (Lipinski definition) is 4. The van der Waals surface area contributed by atoms with Gasteiger partial charge in [0.2, 0.25) is 6.29 Å². The zero-order valence-electron chi connectivity index (χ0n) is 45.6.